The topological polar surface area (TPSA) is 80.4 Å². The summed E-state index contributed by atoms with van der Waals surface area (Å²) in [7, 11) is 0. The third-order valence-electron chi connectivity index (χ3n) is 4.31. The van der Waals surface area contributed by atoms with Gasteiger partial charge in [0.05, 0.1) is 13.2 Å². The fourth-order valence-electron chi connectivity index (χ4n) is 3.00. The van der Waals surface area contributed by atoms with Crippen molar-refractivity contribution in [2.75, 3.05) is 19.8 Å². The van der Waals surface area contributed by atoms with Gasteiger partial charge in [-0.3, -0.25) is 9.59 Å². The third-order valence-corrected chi connectivity index (χ3v) is 4.31. The van der Waals surface area contributed by atoms with Crippen molar-refractivity contribution < 1.29 is 14.3 Å². The van der Waals surface area contributed by atoms with Gasteiger partial charge >= 0.3 is 0 Å². The maximum atomic E-state index is 12.4. The maximum absolute atomic E-state index is 12.4. The first kappa shape index (κ1) is 19.5. The standard InChI is InChI=1S/C22H24N2O4/c1-3-27-19-10-9-15(13-20(19)28-4-2)11-12-23-22(26)18-14-16-7-5-6-8-17(16)21(25)24-18/h5-10,13-14H,3-4,11-12H2,1-2H3,(H,23,26)(H,24,25). The Morgan fingerprint density at radius 3 is 2.54 bits per heavy atom. The Balaban J connectivity index is 1.65. The molecule has 0 saturated heterocycles. The Kier molecular flexibility index (Phi) is 6.32. The zero-order valence-electron chi connectivity index (χ0n) is 16.1. The Hall–Kier alpha value is -3.28. The van der Waals surface area contributed by atoms with Gasteiger partial charge in [-0.1, -0.05) is 24.3 Å². The average molecular weight is 380 g/mol. The van der Waals surface area contributed by atoms with Crippen LogP contribution in [0.5, 0.6) is 11.5 Å². The Labute approximate surface area is 163 Å². The quantitative estimate of drug-likeness (QED) is 0.628. The summed E-state index contributed by atoms with van der Waals surface area (Å²) in [5, 5.41) is 4.16. The Bertz CT molecular complexity index is 1030. The van der Waals surface area contributed by atoms with Crippen molar-refractivity contribution in [3.8, 4) is 11.5 Å². The van der Waals surface area contributed by atoms with Crippen molar-refractivity contribution in [3.05, 3.63) is 70.1 Å². The lowest BCUT2D eigenvalue weighted by Crippen LogP contribution is -2.28. The highest BCUT2D eigenvalue weighted by atomic mass is 16.5. The smallest absolute Gasteiger partial charge is 0.267 e. The first-order valence-electron chi connectivity index (χ1n) is 9.41. The first-order chi connectivity index (χ1) is 13.6. The monoisotopic (exact) mass is 380 g/mol. The van der Waals surface area contributed by atoms with Crippen LogP contribution in [0.15, 0.2) is 53.3 Å². The molecule has 0 atom stereocenters. The first-order valence-corrected chi connectivity index (χ1v) is 9.41. The summed E-state index contributed by atoms with van der Waals surface area (Å²) in [6, 6.07) is 14.6. The molecule has 0 spiro atoms. The number of hydrogen-bond acceptors (Lipinski definition) is 4. The summed E-state index contributed by atoms with van der Waals surface area (Å²) in [4.78, 5) is 27.2. The highest BCUT2D eigenvalue weighted by Gasteiger charge is 2.10. The second-order valence-corrected chi connectivity index (χ2v) is 6.25. The predicted octanol–water partition coefficient (Wildman–Crippen LogP) is 3.30. The number of fused-ring (bicyclic) bond motifs is 1. The fourth-order valence-corrected chi connectivity index (χ4v) is 3.00. The minimum atomic E-state index is -0.307. The van der Waals surface area contributed by atoms with E-state index in [9.17, 15) is 9.59 Å². The number of aromatic amines is 1. The van der Waals surface area contributed by atoms with Crippen LogP contribution in [0.4, 0.5) is 0 Å². The summed E-state index contributed by atoms with van der Waals surface area (Å²) < 4.78 is 11.2. The average Bonchev–Trinajstić information content (AvgIpc) is 2.70. The summed E-state index contributed by atoms with van der Waals surface area (Å²) >= 11 is 0. The van der Waals surface area contributed by atoms with Crippen LogP contribution in [0.3, 0.4) is 0 Å². The lowest BCUT2D eigenvalue weighted by molar-refractivity contribution is 0.0949. The van der Waals surface area contributed by atoms with E-state index in [1.165, 1.54) is 0 Å². The van der Waals surface area contributed by atoms with Gasteiger partial charge in [0.1, 0.15) is 5.69 Å². The number of carbonyl (C=O) groups excluding carboxylic acids is 1. The molecule has 2 N–H and O–H groups in total. The molecule has 0 bridgehead atoms. The number of rotatable bonds is 8. The van der Waals surface area contributed by atoms with Gasteiger partial charge in [-0.25, -0.2) is 0 Å². The molecule has 6 heteroatoms. The van der Waals surface area contributed by atoms with Crippen molar-refractivity contribution in [3.63, 3.8) is 0 Å². The molecule has 0 aliphatic rings. The van der Waals surface area contributed by atoms with E-state index in [1.807, 2.05) is 44.2 Å². The summed E-state index contributed by atoms with van der Waals surface area (Å²) in [6.45, 7) is 5.41. The number of H-pyrrole nitrogens is 1. The van der Waals surface area contributed by atoms with Crippen LogP contribution in [0, 0.1) is 0 Å². The second kappa shape index (κ2) is 9.08. The molecule has 1 aromatic heterocycles. The lowest BCUT2D eigenvalue weighted by Gasteiger charge is -2.12. The number of benzene rings is 2. The van der Waals surface area contributed by atoms with Crippen molar-refractivity contribution in [2.24, 2.45) is 0 Å². The van der Waals surface area contributed by atoms with Gasteiger partial charge in [0.2, 0.25) is 0 Å². The number of nitrogens with one attached hydrogen (secondary N) is 2. The lowest BCUT2D eigenvalue weighted by atomic mass is 10.1. The molecule has 0 fully saturated rings. The van der Waals surface area contributed by atoms with Gasteiger partial charge in [0, 0.05) is 11.9 Å². The molecule has 0 saturated carbocycles. The van der Waals surface area contributed by atoms with Crippen LogP contribution < -0.4 is 20.3 Å². The van der Waals surface area contributed by atoms with E-state index in [0.717, 1.165) is 10.9 Å². The fraction of sp³-hybridized carbons (Fsp3) is 0.273. The van der Waals surface area contributed by atoms with E-state index >= 15 is 0 Å². The zero-order chi connectivity index (χ0) is 19.9. The van der Waals surface area contributed by atoms with Crippen LogP contribution in [0.2, 0.25) is 0 Å². The van der Waals surface area contributed by atoms with Crippen LogP contribution in [0.25, 0.3) is 10.8 Å². The Morgan fingerprint density at radius 2 is 1.75 bits per heavy atom. The number of aromatic nitrogens is 1. The van der Waals surface area contributed by atoms with Crippen molar-refractivity contribution in [1.82, 2.24) is 10.3 Å². The summed E-state index contributed by atoms with van der Waals surface area (Å²) in [5.41, 5.74) is 1.01. The van der Waals surface area contributed by atoms with Gasteiger partial charge in [0.25, 0.3) is 11.5 Å². The highest BCUT2D eigenvalue weighted by molar-refractivity contribution is 5.96. The van der Waals surface area contributed by atoms with Crippen LogP contribution in [0.1, 0.15) is 29.9 Å². The van der Waals surface area contributed by atoms with Gasteiger partial charge < -0.3 is 19.8 Å². The van der Waals surface area contributed by atoms with E-state index < -0.39 is 0 Å². The summed E-state index contributed by atoms with van der Waals surface area (Å²) in [5.74, 6) is 1.11. The zero-order valence-corrected chi connectivity index (χ0v) is 16.1. The molecule has 0 aliphatic heterocycles. The molecule has 1 heterocycles. The molecule has 0 radical (unpaired) electrons. The SMILES string of the molecule is CCOc1ccc(CCNC(=O)c2cc3ccccc3c(=O)[nH]2)cc1OCC. The number of amides is 1. The normalized spacial score (nSPS) is 10.6. The van der Waals surface area contributed by atoms with E-state index in [2.05, 4.69) is 10.3 Å². The summed E-state index contributed by atoms with van der Waals surface area (Å²) in [6.07, 6.45) is 0.635. The molecular weight excluding hydrogens is 356 g/mol. The van der Waals surface area contributed by atoms with E-state index in [-0.39, 0.29) is 17.2 Å². The number of carbonyl (C=O) groups is 1. The molecule has 0 unspecified atom stereocenters. The number of hydrogen-bond donors (Lipinski definition) is 2. The van der Waals surface area contributed by atoms with Crippen molar-refractivity contribution in [2.45, 2.75) is 20.3 Å². The van der Waals surface area contributed by atoms with Gasteiger partial charge in [0.15, 0.2) is 11.5 Å². The largest absolute Gasteiger partial charge is 0.490 e. The van der Waals surface area contributed by atoms with E-state index in [4.69, 9.17) is 9.47 Å². The molecule has 3 rings (SSSR count). The van der Waals surface area contributed by atoms with Gasteiger partial charge in [-0.2, -0.15) is 0 Å². The van der Waals surface area contributed by atoms with Crippen LogP contribution >= 0.6 is 0 Å². The molecule has 0 aliphatic carbocycles. The molecule has 3 aromatic rings. The van der Waals surface area contributed by atoms with Crippen molar-refractivity contribution >= 4 is 16.7 Å². The molecule has 146 valence electrons. The minimum Gasteiger partial charge on any atom is -0.490 e. The third kappa shape index (κ3) is 4.52. The number of pyridine rings is 1. The highest BCUT2D eigenvalue weighted by Crippen LogP contribution is 2.28. The van der Waals surface area contributed by atoms with Crippen LogP contribution in [-0.4, -0.2) is 30.6 Å². The molecule has 2 aromatic carbocycles. The number of ether oxygens (including phenoxy) is 2. The van der Waals surface area contributed by atoms with Crippen LogP contribution in [-0.2, 0) is 6.42 Å². The second-order valence-electron chi connectivity index (χ2n) is 6.25. The molecule has 6 nitrogen and oxygen atoms in total. The predicted molar refractivity (Wildman–Crippen MR) is 109 cm³/mol. The van der Waals surface area contributed by atoms with Gasteiger partial charge in [-0.15, -0.1) is 0 Å². The van der Waals surface area contributed by atoms with E-state index in [0.29, 0.717) is 43.1 Å². The van der Waals surface area contributed by atoms with Crippen molar-refractivity contribution in [1.29, 1.82) is 0 Å². The molecule has 28 heavy (non-hydrogen) atoms. The maximum Gasteiger partial charge on any atom is 0.267 e. The van der Waals surface area contributed by atoms with E-state index in [1.54, 1.807) is 18.2 Å². The molecular formula is C22H24N2O4. The van der Waals surface area contributed by atoms with Gasteiger partial charge in [-0.05, 0) is 55.5 Å². The molecule has 1 amide bonds. The minimum absolute atomic E-state index is 0.255. The Morgan fingerprint density at radius 1 is 1.00 bits per heavy atom.